The summed E-state index contributed by atoms with van der Waals surface area (Å²) in [4.78, 5) is 9.29. The zero-order chi connectivity index (χ0) is 10.1. The molecule has 0 saturated heterocycles. The monoisotopic (exact) mass is 195 g/mol. The number of carboxylic acid groups (broad SMARTS) is 1. The third-order valence-corrected chi connectivity index (χ3v) is 1.31. The Morgan fingerprint density at radius 2 is 1.92 bits per heavy atom. The summed E-state index contributed by atoms with van der Waals surface area (Å²) in [7, 11) is 0. The average Bonchev–Trinajstić information content (AvgIpc) is 2.20. The van der Waals surface area contributed by atoms with Gasteiger partial charge < -0.3 is 5.11 Å². The second-order valence-electron chi connectivity index (χ2n) is 2.03. The largest absolute Gasteiger partial charge is 0.481 e. The molecule has 0 aliphatic rings. The van der Waals surface area contributed by atoms with Crippen molar-refractivity contribution in [1.29, 1.82) is 5.26 Å². The van der Waals surface area contributed by atoms with Crippen molar-refractivity contribution >= 4 is 18.6 Å². The molecule has 13 heavy (non-hydrogen) atoms. The maximum absolute atomic E-state index is 9.29. The molecule has 0 unspecified atom stereocenters. The SMILES string of the molecule is N#Cc1ccccc1.O=C(O)CS. The van der Waals surface area contributed by atoms with E-state index in [9.17, 15) is 4.79 Å². The topological polar surface area (TPSA) is 61.1 Å². The summed E-state index contributed by atoms with van der Waals surface area (Å²) in [5.41, 5.74) is 0.715. The van der Waals surface area contributed by atoms with Crippen molar-refractivity contribution in [2.45, 2.75) is 0 Å². The molecule has 0 aliphatic carbocycles. The molecule has 0 atom stereocenters. The first kappa shape index (κ1) is 11.5. The van der Waals surface area contributed by atoms with Crippen molar-refractivity contribution in [1.82, 2.24) is 0 Å². The Hall–Kier alpha value is -1.47. The van der Waals surface area contributed by atoms with Crippen LogP contribution < -0.4 is 0 Å². The van der Waals surface area contributed by atoms with Crippen LogP contribution in [-0.2, 0) is 4.79 Å². The second-order valence-corrected chi connectivity index (χ2v) is 2.35. The lowest BCUT2D eigenvalue weighted by atomic mass is 10.2. The molecule has 0 bridgehead atoms. The van der Waals surface area contributed by atoms with Gasteiger partial charge in [-0.2, -0.15) is 17.9 Å². The molecule has 0 radical (unpaired) electrons. The minimum Gasteiger partial charge on any atom is -0.481 e. The number of thiol groups is 1. The lowest BCUT2D eigenvalue weighted by molar-refractivity contribution is -0.133. The molecule has 1 aromatic carbocycles. The Bertz CT molecular complexity index is 292. The van der Waals surface area contributed by atoms with E-state index in [1.807, 2.05) is 24.3 Å². The lowest BCUT2D eigenvalue weighted by Gasteiger charge is -1.80. The van der Waals surface area contributed by atoms with Crippen molar-refractivity contribution in [3.63, 3.8) is 0 Å². The summed E-state index contributed by atoms with van der Waals surface area (Å²) < 4.78 is 0. The third-order valence-electron chi connectivity index (χ3n) is 1.04. The molecule has 3 nitrogen and oxygen atoms in total. The predicted octanol–water partition coefficient (Wildman–Crippen LogP) is 1.56. The van der Waals surface area contributed by atoms with Crippen LogP contribution in [0.5, 0.6) is 0 Å². The van der Waals surface area contributed by atoms with Gasteiger partial charge in [-0.3, -0.25) is 4.79 Å². The van der Waals surface area contributed by atoms with Crippen LogP contribution in [0.3, 0.4) is 0 Å². The number of rotatable bonds is 1. The normalized spacial score (nSPS) is 7.69. The number of carboxylic acids is 1. The number of hydrogen-bond donors (Lipinski definition) is 2. The van der Waals surface area contributed by atoms with Gasteiger partial charge in [-0.25, -0.2) is 0 Å². The van der Waals surface area contributed by atoms with Crippen molar-refractivity contribution in [2.24, 2.45) is 0 Å². The fourth-order valence-electron chi connectivity index (χ4n) is 0.513. The highest BCUT2D eigenvalue weighted by molar-refractivity contribution is 7.81. The lowest BCUT2D eigenvalue weighted by Crippen LogP contribution is -1.92. The molecule has 0 spiro atoms. The van der Waals surface area contributed by atoms with Gasteiger partial charge in [-0.15, -0.1) is 0 Å². The molecule has 4 heteroatoms. The number of nitriles is 1. The molecule has 0 fully saturated rings. The molecular weight excluding hydrogens is 186 g/mol. The number of benzene rings is 1. The fourth-order valence-corrected chi connectivity index (χ4v) is 0.513. The van der Waals surface area contributed by atoms with Crippen LogP contribution in [0.1, 0.15) is 5.56 Å². The highest BCUT2D eigenvalue weighted by Gasteiger charge is 1.81. The van der Waals surface area contributed by atoms with Gasteiger partial charge in [0, 0.05) is 0 Å². The maximum atomic E-state index is 9.29. The van der Waals surface area contributed by atoms with Gasteiger partial charge in [0.15, 0.2) is 0 Å². The van der Waals surface area contributed by atoms with Crippen LogP contribution in [0.4, 0.5) is 0 Å². The van der Waals surface area contributed by atoms with Crippen LogP contribution in [-0.4, -0.2) is 16.8 Å². The molecule has 1 N–H and O–H groups in total. The Labute approximate surface area is 82.0 Å². The van der Waals surface area contributed by atoms with E-state index >= 15 is 0 Å². The summed E-state index contributed by atoms with van der Waals surface area (Å²) in [6, 6.07) is 11.2. The zero-order valence-corrected chi connectivity index (χ0v) is 7.74. The fraction of sp³-hybridized carbons (Fsp3) is 0.111. The first-order valence-corrected chi connectivity index (χ1v) is 4.11. The molecule has 68 valence electrons. The summed E-state index contributed by atoms with van der Waals surface area (Å²) in [5, 5.41) is 15.9. The van der Waals surface area contributed by atoms with E-state index in [2.05, 4.69) is 12.6 Å². The summed E-state index contributed by atoms with van der Waals surface area (Å²) in [6.45, 7) is 0. The van der Waals surface area contributed by atoms with E-state index in [1.165, 1.54) is 0 Å². The highest BCUT2D eigenvalue weighted by atomic mass is 32.1. The smallest absolute Gasteiger partial charge is 0.313 e. The Kier molecular flexibility index (Phi) is 6.38. The van der Waals surface area contributed by atoms with E-state index in [4.69, 9.17) is 10.4 Å². The van der Waals surface area contributed by atoms with Gasteiger partial charge in [-0.1, -0.05) is 18.2 Å². The molecular formula is C9H9NO2S. The third kappa shape index (κ3) is 6.91. The van der Waals surface area contributed by atoms with Crippen LogP contribution in [0.25, 0.3) is 0 Å². The van der Waals surface area contributed by atoms with Crippen LogP contribution in [0.15, 0.2) is 30.3 Å². The van der Waals surface area contributed by atoms with E-state index in [0.29, 0.717) is 5.56 Å². The van der Waals surface area contributed by atoms with Gasteiger partial charge in [0.1, 0.15) is 0 Å². The Balaban J connectivity index is 0.000000252. The highest BCUT2D eigenvalue weighted by Crippen LogP contribution is 1.93. The number of nitrogens with zero attached hydrogens (tertiary/aromatic N) is 1. The molecule has 0 amide bonds. The molecule has 0 aliphatic heterocycles. The minimum absolute atomic E-state index is 0.0833. The summed E-state index contributed by atoms with van der Waals surface area (Å²) in [6.07, 6.45) is 0. The quantitative estimate of drug-likeness (QED) is 0.668. The minimum atomic E-state index is -0.881. The van der Waals surface area contributed by atoms with E-state index in [1.54, 1.807) is 12.1 Å². The van der Waals surface area contributed by atoms with Crippen LogP contribution in [0, 0.1) is 11.3 Å². The number of hydrogen-bond acceptors (Lipinski definition) is 3. The van der Waals surface area contributed by atoms with Gasteiger partial charge in [0.25, 0.3) is 0 Å². The molecule has 0 heterocycles. The zero-order valence-electron chi connectivity index (χ0n) is 6.84. The van der Waals surface area contributed by atoms with Crippen molar-refractivity contribution in [2.75, 3.05) is 5.75 Å². The Morgan fingerprint density at radius 3 is 2.15 bits per heavy atom. The van der Waals surface area contributed by atoms with Crippen molar-refractivity contribution in [3.8, 4) is 6.07 Å². The average molecular weight is 195 g/mol. The molecule has 0 aromatic heterocycles. The van der Waals surface area contributed by atoms with Crippen molar-refractivity contribution in [3.05, 3.63) is 35.9 Å². The summed E-state index contributed by atoms with van der Waals surface area (Å²) in [5.74, 6) is -0.965. The first-order valence-electron chi connectivity index (χ1n) is 3.48. The van der Waals surface area contributed by atoms with Gasteiger partial charge in [0.2, 0.25) is 0 Å². The Morgan fingerprint density at radius 1 is 1.46 bits per heavy atom. The molecule has 1 rings (SSSR count). The summed E-state index contributed by atoms with van der Waals surface area (Å²) >= 11 is 3.42. The molecule has 0 saturated carbocycles. The predicted molar refractivity (Wildman–Crippen MR) is 52.6 cm³/mol. The second kappa shape index (κ2) is 7.19. The molecule has 1 aromatic rings. The van der Waals surface area contributed by atoms with E-state index in [-0.39, 0.29) is 5.75 Å². The van der Waals surface area contributed by atoms with Crippen LogP contribution in [0.2, 0.25) is 0 Å². The number of carbonyl (C=O) groups is 1. The van der Waals surface area contributed by atoms with Gasteiger partial charge >= 0.3 is 5.97 Å². The van der Waals surface area contributed by atoms with Gasteiger partial charge in [-0.05, 0) is 12.1 Å². The van der Waals surface area contributed by atoms with Gasteiger partial charge in [0.05, 0.1) is 17.4 Å². The van der Waals surface area contributed by atoms with Crippen molar-refractivity contribution < 1.29 is 9.90 Å². The van der Waals surface area contributed by atoms with E-state index < -0.39 is 5.97 Å². The number of aliphatic carboxylic acids is 1. The van der Waals surface area contributed by atoms with Crippen LogP contribution >= 0.6 is 12.6 Å². The first-order chi connectivity index (χ1) is 6.20. The standard InChI is InChI=1S/C7H5N.C2H4O2S/c8-6-7-4-2-1-3-5-7;3-2(4)1-5/h1-5H;5H,1H2,(H,3,4). The maximum Gasteiger partial charge on any atom is 0.313 e. The van der Waals surface area contributed by atoms with E-state index in [0.717, 1.165) is 0 Å².